The number of nitrogen functional groups attached to an aromatic ring is 1. The number of nitrogens with zero attached hydrogens (tertiary/aromatic N) is 2. The maximum atomic E-state index is 12.8. The van der Waals surface area contributed by atoms with Gasteiger partial charge in [-0.1, -0.05) is 0 Å². The Morgan fingerprint density at radius 2 is 2.00 bits per heavy atom. The third-order valence-electron chi connectivity index (χ3n) is 3.80. The first-order valence-electron chi connectivity index (χ1n) is 6.76. The van der Waals surface area contributed by atoms with Crippen LogP contribution in [0.1, 0.15) is 12.5 Å². The van der Waals surface area contributed by atoms with Gasteiger partial charge in [0, 0.05) is 24.8 Å². The van der Waals surface area contributed by atoms with Crippen molar-refractivity contribution in [3.63, 3.8) is 0 Å². The Bertz CT molecular complexity index is 611. The third kappa shape index (κ3) is 2.15. The van der Waals surface area contributed by atoms with Crippen LogP contribution in [0.4, 0.5) is 11.4 Å². The molecule has 1 atom stereocenters. The standard InChI is InChI=1S/C13H19N3O3S/c1-10-8-11-9-12(14)2-3-13(11)16(10)20(17,18)15-4-6-19-7-5-15/h2-3,9-10H,4-8,14H2,1H3. The summed E-state index contributed by atoms with van der Waals surface area (Å²) in [6.07, 6.45) is 0.698. The molecule has 2 N–H and O–H groups in total. The molecular weight excluding hydrogens is 278 g/mol. The molecule has 2 aliphatic rings. The summed E-state index contributed by atoms with van der Waals surface area (Å²) >= 11 is 0. The Morgan fingerprint density at radius 3 is 2.70 bits per heavy atom. The van der Waals surface area contributed by atoms with E-state index in [4.69, 9.17) is 10.5 Å². The van der Waals surface area contributed by atoms with Crippen molar-refractivity contribution in [1.29, 1.82) is 0 Å². The summed E-state index contributed by atoms with van der Waals surface area (Å²) in [6, 6.07) is 5.32. The molecule has 1 aromatic rings. The van der Waals surface area contributed by atoms with E-state index in [9.17, 15) is 8.42 Å². The molecule has 0 radical (unpaired) electrons. The van der Waals surface area contributed by atoms with Gasteiger partial charge < -0.3 is 10.5 Å². The molecule has 0 spiro atoms. The summed E-state index contributed by atoms with van der Waals surface area (Å²) in [7, 11) is -3.49. The molecule has 2 heterocycles. The van der Waals surface area contributed by atoms with E-state index in [-0.39, 0.29) is 6.04 Å². The first-order chi connectivity index (χ1) is 9.50. The van der Waals surface area contributed by atoms with E-state index in [1.807, 2.05) is 13.0 Å². The number of morpholine rings is 1. The summed E-state index contributed by atoms with van der Waals surface area (Å²) in [5, 5.41) is 0. The Labute approximate surface area is 119 Å². The van der Waals surface area contributed by atoms with Gasteiger partial charge >= 0.3 is 10.2 Å². The monoisotopic (exact) mass is 297 g/mol. The van der Waals surface area contributed by atoms with Crippen LogP contribution in [0.15, 0.2) is 18.2 Å². The summed E-state index contributed by atoms with van der Waals surface area (Å²) in [5.74, 6) is 0. The molecule has 6 nitrogen and oxygen atoms in total. The fourth-order valence-corrected chi connectivity index (χ4v) is 4.69. The van der Waals surface area contributed by atoms with E-state index in [2.05, 4.69) is 0 Å². The second-order valence-corrected chi connectivity index (χ2v) is 7.06. The molecule has 0 aliphatic carbocycles. The first-order valence-corrected chi connectivity index (χ1v) is 8.15. The smallest absolute Gasteiger partial charge is 0.304 e. The second kappa shape index (κ2) is 4.91. The number of rotatable bonds is 2. The van der Waals surface area contributed by atoms with Crippen LogP contribution < -0.4 is 10.0 Å². The zero-order valence-electron chi connectivity index (χ0n) is 11.4. The Balaban J connectivity index is 1.97. The van der Waals surface area contributed by atoms with Gasteiger partial charge in [-0.15, -0.1) is 0 Å². The van der Waals surface area contributed by atoms with E-state index in [0.717, 1.165) is 11.3 Å². The number of hydrogen-bond donors (Lipinski definition) is 1. The zero-order chi connectivity index (χ0) is 14.3. The molecule has 1 fully saturated rings. The van der Waals surface area contributed by atoms with E-state index in [1.54, 1.807) is 12.1 Å². The van der Waals surface area contributed by atoms with Gasteiger partial charge in [0.15, 0.2) is 0 Å². The fourth-order valence-electron chi connectivity index (χ4n) is 2.88. The molecular formula is C13H19N3O3S. The number of fused-ring (bicyclic) bond motifs is 1. The van der Waals surface area contributed by atoms with Crippen molar-refractivity contribution in [3.05, 3.63) is 23.8 Å². The quantitative estimate of drug-likeness (QED) is 0.811. The molecule has 0 aromatic heterocycles. The number of ether oxygens (including phenoxy) is 1. The van der Waals surface area contributed by atoms with Gasteiger partial charge in [0.1, 0.15) is 0 Å². The number of benzene rings is 1. The van der Waals surface area contributed by atoms with Crippen molar-refractivity contribution in [1.82, 2.24) is 4.31 Å². The van der Waals surface area contributed by atoms with E-state index in [1.165, 1.54) is 8.61 Å². The summed E-state index contributed by atoms with van der Waals surface area (Å²) in [6.45, 7) is 3.66. The minimum absolute atomic E-state index is 0.0837. The second-order valence-electron chi connectivity index (χ2n) is 5.26. The lowest BCUT2D eigenvalue weighted by atomic mass is 10.1. The molecule has 0 amide bonds. The molecule has 7 heteroatoms. The highest BCUT2D eigenvalue weighted by Crippen LogP contribution is 2.36. The molecule has 110 valence electrons. The lowest BCUT2D eigenvalue weighted by Crippen LogP contribution is -2.50. The van der Waals surface area contributed by atoms with E-state index in [0.29, 0.717) is 38.4 Å². The van der Waals surface area contributed by atoms with Crippen LogP contribution in [0.3, 0.4) is 0 Å². The maximum absolute atomic E-state index is 12.8. The SMILES string of the molecule is CC1Cc2cc(N)ccc2N1S(=O)(=O)N1CCOCC1. The van der Waals surface area contributed by atoms with Gasteiger partial charge in [-0.2, -0.15) is 12.7 Å². The van der Waals surface area contributed by atoms with Gasteiger partial charge in [-0.05, 0) is 37.1 Å². The van der Waals surface area contributed by atoms with Crippen LogP contribution in [-0.4, -0.2) is 45.1 Å². The predicted octanol–water partition coefficient (Wildman–Crippen LogP) is 0.597. The van der Waals surface area contributed by atoms with Gasteiger partial charge in [0.05, 0.1) is 18.9 Å². The van der Waals surface area contributed by atoms with Crippen molar-refractivity contribution in [2.24, 2.45) is 0 Å². The minimum atomic E-state index is -3.49. The third-order valence-corrected chi connectivity index (χ3v) is 5.87. The van der Waals surface area contributed by atoms with E-state index < -0.39 is 10.2 Å². The summed E-state index contributed by atoms with van der Waals surface area (Å²) < 4.78 is 33.9. The number of hydrogen-bond acceptors (Lipinski definition) is 4. The summed E-state index contributed by atoms with van der Waals surface area (Å²) in [5.41, 5.74) is 8.19. The Hall–Kier alpha value is -1.31. The van der Waals surface area contributed by atoms with Crippen molar-refractivity contribution in [3.8, 4) is 0 Å². The molecule has 1 unspecified atom stereocenters. The zero-order valence-corrected chi connectivity index (χ0v) is 12.3. The molecule has 20 heavy (non-hydrogen) atoms. The molecule has 1 aromatic carbocycles. The fraction of sp³-hybridized carbons (Fsp3) is 0.538. The average Bonchev–Trinajstić information content (AvgIpc) is 2.75. The highest BCUT2D eigenvalue weighted by Gasteiger charge is 2.39. The van der Waals surface area contributed by atoms with Crippen LogP contribution in [0.25, 0.3) is 0 Å². The molecule has 3 rings (SSSR count). The number of nitrogens with two attached hydrogens (primary N) is 1. The minimum Gasteiger partial charge on any atom is -0.399 e. The lowest BCUT2D eigenvalue weighted by Gasteiger charge is -2.33. The van der Waals surface area contributed by atoms with Crippen LogP contribution in [0.5, 0.6) is 0 Å². The van der Waals surface area contributed by atoms with E-state index >= 15 is 0 Å². The first kappa shape index (κ1) is 13.7. The van der Waals surface area contributed by atoms with Crippen LogP contribution in [0, 0.1) is 0 Å². The predicted molar refractivity (Wildman–Crippen MR) is 77.8 cm³/mol. The van der Waals surface area contributed by atoms with Crippen LogP contribution in [0.2, 0.25) is 0 Å². The Morgan fingerprint density at radius 1 is 1.30 bits per heavy atom. The normalized spacial score (nSPS) is 23.9. The number of anilines is 2. The highest BCUT2D eigenvalue weighted by molar-refractivity contribution is 7.90. The molecule has 1 saturated heterocycles. The van der Waals surface area contributed by atoms with Crippen LogP contribution in [-0.2, 0) is 21.4 Å². The average molecular weight is 297 g/mol. The topological polar surface area (TPSA) is 75.9 Å². The van der Waals surface area contributed by atoms with Crippen molar-refractivity contribution in [2.45, 2.75) is 19.4 Å². The van der Waals surface area contributed by atoms with Crippen molar-refractivity contribution in [2.75, 3.05) is 36.3 Å². The molecule has 0 bridgehead atoms. The highest BCUT2D eigenvalue weighted by atomic mass is 32.2. The largest absolute Gasteiger partial charge is 0.399 e. The van der Waals surface area contributed by atoms with Crippen molar-refractivity contribution >= 4 is 21.6 Å². The maximum Gasteiger partial charge on any atom is 0.304 e. The van der Waals surface area contributed by atoms with Gasteiger partial charge in [0.25, 0.3) is 0 Å². The lowest BCUT2D eigenvalue weighted by molar-refractivity contribution is 0.0728. The van der Waals surface area contributed by atoms with Crippen LogP contribution >= 0.6 is 0 Å². The molecule has 0 saturated carbocycles. The summed E-state index contributed by atoms with van der Waals surface area (Å²) in [4.78, 5) is 0. The molecule has 2 aliphatic heterocycles. The van der Waals surface area contributed by atoms with Gasteiger partial charge in [-0.25, -0.2) is 0 Å². The van der Waals surface area contributed by atoms with Crippen molar-refractivity contribution < 1.29 is 13.2 Å². The van der Waals surface area contributed by atoms with Gasteiger partial charge in [0.2, 0.25) is 0 Å². The Kier molecular flexibility index (Phi) is 3.35. The van der Waals surface area contributed by atoms with Gasteiger partial charge in [-0.3, -0.25) is 4.31 Å².